The molecule has 0 aliphatic rings. The monoisotopic (exact) mass is 326 g/mol. The topological polar surface area (TPSA) is 4.93 Å². The van der Waals surface area contributed by atoms with Crippen LogP contribution < -0.4 is 5.46 Å². The SMILES string of the molecule is CCCCC[B-](CCCC)(CCCC)c1cn(C)c2ccccc12. The molecule has 0 fully saturated rings. The molecule has 0 atom stereocenters. The van der Waals surface area contributed by atoms with Crippen molar-refractivity contribution in [3.05, 3.63) is 30.5 Å². The summed E-state index contributed by atoms with van der Waals surface area (Å²) < 4.78 is 2.36. The third-order valence-corrected chi connectivity index (χ3v) is 6.17. The molecule has 2 rings (SSSR count). The van der Waals surface area contributed by atoms with E-state index in [0.29, 0.717) is 0 Å². The standard InChI is InChI=1S/C22H37BN/c1-5-8-13-18-23(16-9-6-2,17-10-7-3)21-19-24(4)22-15-12-11-14-20(21)22/h11-12,14-15,19H,5-10,13,16-18H2,1-4H3/q-1. The van der Waals surface area contributed by atoms with Gasteiger partial charge in [0.2, 0.25) is 0 Å². The van der Waals surface area contributed by atoms with Gasteiger partial charge in [-0.1, -0.05) is 83.9 Å². The van der Waals surface area contributed by atoms with Crippen LogP contribution in [0.25, 0.3) is 10.9 Å². The first kappa shape index (κ1) is 19.2. The van der Waals surface area contributed by atoms with Crippen molar-refractivity contribution in [2.24, 2.45) is 7.05 Å². The molecule has 0 spiro atoms. The molecule has 1 aromatic carbocycles. The van der Waals surface area contributed by atoms with Crippen molar-refractivity contribution in [1.29, 1.82) is 0 Å². The van der Waals surface area contributed by atoms with Gasteiger partial charge in [-0.2, -0.15) is 24.4 Å². The summed E-state index contributed by atoms with van der Waals surface area (Å²) >= 11 is 0. The lowest BCUT2D eigenvalue weighted by molar-refractivity contribution is 0.747. The summed E-state index contributed by atoms with van der Waals surface area (Å²) in [6.45, 7) is 7.01. The maximum absolute atomic E-state index is 2.47. The van der Waals surface area contributed by atoms with Gasteiger partial charge in [0.15, 0.2) is 0 Å². The third-order valence-electron chi connectivity index (χ3n) is 6.17. The highest BCUT2D eigenvalue weighted by molar-refractivity contribution is 6.93. The van der Waals surface area contributed by atoms with E-state index in [2.05, 4.69) is 62.8 Å². The van der Waals surface area contributed by atoms with Crippen LogP contribution >= 0.6 is 0 Å². The van der Waals surface area contributed by atoms with Gasteiger partial charge in [-0.3, -0.25) is 0 Å². The van der Waals surface area contributed by atoms with Crippen LogP contribution in [0.5, 0.6) is 0 Å². The van der Waals surface area contributed by atoms with E-state index in [4.69, 9.17) is 0 Å². The highest BCUT2D eigenvalue weighted by atomic mass is 14.9. The molecule has 1 nitrogen and oxygen atoms in total. The second-order valence-electron chi connectivity index (χ2n) is 7.97. The maximum atomic E-state index is 2.47. The Labute approximate surface area is 149 Å². The maximum Gasteiger partial charge on any atom is 0.0444 e. The molecule has 0 aliphatic carbocycles. The first-order chi connectivity index (χ1) is 11.7. The number of fused-ring (bicyclic) bond motifs is 1. The smallest absolute Gasteiger partial charge is 0.0444 e. The predicted molar refractivity (Wildman–Crippen MR) is 112 cm³/mol. The second-order valence-corrected chi connectivity index (χ2v) is 7.97. The molecular formula is C22H37BN-. The lowest BCUT2D eigenvalue weighted by Crippen LogP contribution is -2.47. The number of rotatable bonds is 11. The van der Waals surface area contributed by atoms with Crippen LogP contribution in [0.1, 0.15) is 65.7 Å². The Morgan fingerprint density at radius 3 is 2.00 bits per heavy atom. The number of hydrogen-bond donors (Lipinski definition) is 0. The normalized spacial score (nSPS) is 12.2. The molecular weight excluding hydrogens is 289 g/mol. The van der Waals surface area contributed by atoms with Crippen molar-refractivity contribution in [3.8, 4) is 0 Å². The van der Waals surface area contributed by atoms with Crippen molar-refractivity contribution in [2.75, 3.05) is 0 Å². The minimum atomic E-state index is -0.429. The molecule has 134 valence electrons. The van der Waals surface area contributed by atoms with Gasteiger partial charge in [0.1, 0.15) is 0 Å². The Morgan fingerprint density at radius 1 is 0.792 bits per heavy atom. The summed E-state index contributed by atoms with van der Waals surface area (Å²) in [6.07, 6.45) is 15.8. The van der Waals surface area contributed by atoms with Crippen molar-refractivity contribution in [3.63, 3.8) is 0 Å². The van der Waals surface area contributed by atoms with Gasteiger partial charge in [-0.15, -0.1) is 0 Å². The predicted octanol–water partition coefficient (Wildman–Crippen LogP) is 6.62. The molecule has 0 unspecified atom stereocenters. The molecule has 2 aromatic rings. The Bertz CT molecular complexity index is 605. The van der Waals surface area contributed by atoms with Crippen LogP contribution in [0.2, 0.25) is 19.0 Å². The number of unbranched alkanes of at least 4 members (excludes halogenated alkanes) is 4. The molecule has 24 heavy (non-hydrogen) atoms. The number of nitrogens with zero attached hydrogens (tertiary/aromatic N) is 1. The Kier molecular flexibility index (Phi) is 7.46. The van der Waals surface area contributed by atoms with Gasteiger partial charge in [0, 0.05) is 18.7 Å². The molecule has 0 saturated heterocycles. The zero-order valence-corrected chi connectivity index (χ0v) is 16.5. The average Bonchev–Trinajstić information content (AvgIpc) is 2.95. The zero-order valence-electron chi connectivity index (χ0n) is 16.5. The van der Waals surface area contributed by atoms with Crippen molar-refractivity contribution >= 4 is 22.5 Å². The van der Waals surface area contributed by atoms with Crippen LogP contribution in [0.15, 0.2) is 30.5 Å². The van der Waals surface area contributed by atoms with Gasteiger partial charge in [-0.05, 0) is 17.6 Å². The molecule has 0 bridgehead atoms. The molecule has 0 radical (unpaired) electrons. The molecule has 0 amide bonds. The summed E-state index contributed by atoms with van der Waals surface area (Å²) in [4.78, 5) is 0. The molecule has 2 heteroatoms. The minimum absolute atomic E-state index is 0.429. The Balaban J connectivity index is 2.47. The van der Waals surface area contributed by atoms with Crippen molar-refractivity contribution < 1.29 is 0 Å². The van der Waals surface area contributed by atoms with Crippen LogP contribution in [0.3, 0.4) is 0 Å². The fourth-order valence-electron chi connectivity index (χ4n) is 4.74. The zero-order chi connectivity index (χ0) is 17.4. The lowest BCUT2D eigenvalue weighted by atomic mass is 9.16. The highest BCUT2D eigenvalue weighted by Gasteiger charge is 2.27. The number of para-hydroxylation sites is 1. The summed E-state index contributed by atoms with van der Waals surface area (Å²) in [6, 6.07) is 9.04. The van der Waals surface area contributed by atoms with Crippen molar-refractivity contribution in [1.82, 2.24) is 4.57 Å². The van der Waals surface area contributed by atoms with E-state index >= 15 is 0 Å². The highest BCUT2D eigenvalue weighted by Crippen LogP contribution is 2.31. The quantitative estimate of drug-likeness (QED) is 0.323. The van der Waals surface area contributed by atoms with E-state index < -0.39 is 6.15 Å². The van der Waals surface area contributed by atoms with Gasteiger partial charge in [-0.25, -0.2) is 0 Å². The van der Waals surface area contributed by atoms with Gasteiger partial charge in [0.25, 0.3) is 0 Å². The lowest BCUT2D eigenvalue weighted by Gasteiger charge is -2.41. The number of aryl methyl sites for hydroxylation is 1. The van der Waals surface area contributed by atoms with Crippen LogP contribution in [-0.4, -0.2) is 10.7 Å². The number of hydrogen-bond acceptors (Lipinski definition) is 0. The van der Waals surface area contributed by atoms with E-state index in [1.807, 2.05) is 0 Å². The minimum Gasteiger partial charge on any atom is -0.354 e. The number of benzene rings is 1. The van der Waals surface area contributed by atoms with Gasteiger partial charge in [0.05, 0.1) is 0 Å². The second kappa shape index (κ2) is 9.35. The number of aromatic nitrogens is 1. The first-order valence-corrected chi connectivity index (χ1v) is 10.4. The fraction of sp³-hybridized carbons (Fsp3) is 0.636. The van der Waals surface area contributed by atoms with E-state index in [1.54, 1.807) is 5.46 Å². The van der Waals surface area contributed by atoms with E-state index in [9.17, 15) is 0 Å². The molecule has 1 aromatic heterocycles. The van der Waals surface area contributed by atoms with Crippen molar-refractivity contribution in [2.45, 2.75) is 84.7 Å². The average molecular weight is 326 g/mol. The molecule has 0 N–H and O–H groups in total. The third kappa shape index (κ3) is 4.26. The summed E-state index contributed by atoms with van der Waals surface area (Å²) in [5.41, 5.74) is 3.09. The van der Waals surface area contributed by atoms with Crippen LogP contribution in [0, 0.1) is 0 Å². The van der Waals surface area contributed by atoms with Crippen LogP contribution in [-0.2, 0) is 7.05 Å². The van der Waals surface area contributed by atoms with E-state index in [1.165, 1.54) is 74.8 Å². The summed E-state index contributed by atoms with van der Waals surface area (Å²) in [5.74, 6) is 0. The van der Waals surface area contributed by atoms with E-state index in [0.717, 1.165) is 0 Å². The Hall–Kier alpha value is -1.18. The molecule has 0 aliphatic heterocycles. The fourth-order valence-corrected chi connectivity index (χ4v) is 4.74. The Morgan fingerprint density at radius 2 is 1.38 bits per heavy atom. The summed E-state index contributed by atoms with van der Waals surface area (Å²) in [5, 5.41) is 1.52. The van der Waals surface area contributed by atoms with Gasteiger partial charge < -0.3 is 4.57 Å². The first-order valence-electron chi connectivity index (χ1n) is 10.4. The van der Waals surface area contributed by atoms with Gasteiger partial charge >= 0.3 is 0 Å². The van der Waals surface area contributed by atoms with Crippen LogP contribution in [0.4, 0.5) is 0 Å². The molecule has 1 heterocycles. The largest absolute Gasteiger partial charge is 0.354 e. The molecule has 0 saturated carbocycles. The summed E-state index contributed by atoms with van der Waals surface area (Å²) in [7, 11) is 2.22. The van der Waals surface area contributed by atoms with E-state index in [-0.39, 0.29) is 0 Å².